The number of thioether (sulfide) groups is 1. The van der Waals surface area contributed by atoms with E-state index >= 15 is 0 Å². The van der Waals surface area contributed by atoms with Crippen molar-refractivity contribution in [1.29, 1.82) is 0 Å². The third-order valence-corrected chi connectivity index (χ3v) is 7.99. The Morgan fingerprint density at radius 2 is 2.03 bits per heavy atom. The van der Waals surface area contributed by atoms with Crippen molar-refractivity contribution >= 4 is 51.3 Å². The zero-order chi connectivity index (χ0) is 21.3. The molecule has 1 aliphatic carbocycles. The van der Waals surface area contributed by atoms with Crippen LogP contribution < -0.4 is 5.32 Å². The van der Waals surface area contributed by atoms with Gasteiger partial charge in [0, 0.05) is 4.88 Å². The average Bonchev–Trinajstić information content (AvgIpc) is 3.30. The van der Waals surface area contributed by atoms with E-state index in [4.69, 9.17) is 4.74 Å². The molecule has 0 radical (unpaired) electrons. The monoisotopic (exact) mass is 459 g/mol. The van der Waals surface area contributed by atoms with Gasteiger partial charge in [-0.05, 0) is 50.3 Å². The molecule has 0 spiro atoms. The van der Waals surface area contributed by atoms with E-state index < -0.39 is 0 Å². The van der Waals surface area contributed by atoms with Crippen LogP contribution in [0.2, 0.25) is 0 Å². The number of nitrogens with one attached hydrogen (secondary N) is 1. The number of carbonyl (C=O) groups is 2. The number of fused-ring (bicyclic) bond motifs is 3. The Hall–Kier alpha value is -2.23. The van der Waals surface area contributed by atoms with E-state index in [9.17, 15) is 9.59 Å². The standard InChI is InChI=1S/C21H21N3O3S3/c1-4-27-20(26)16-15-10-9-13-7-5-6-8-14(13)17(15)30-19(16)22-18(25)11(2)28-21-24-23-12(3)29-21/h5-8,11H,4,9-10H2,1-3H3,(H,22,25). The van der Waals surface area contributed by atoms with Gasteiger partial charge in [-0.2, -0.15) is 0 Å². The zero-order valence-corrected chi connectivity index (χ0v) is 19.3. The number of nitrogens with zero attached hydrogens (tertiary/aromatic N) is 2. The van der Waals surface area contributed by atoms with Gasteiger partial charge in [0.15, 0.2) is 4.34 Å². The van der Waals surface area contributed by atoms with Crippen molar-refractivity contribution in [2.24, 2.45) is 0 Å². The van der Waals surface area contributed by atoms with Gasteiger partial charge in [-0.15, -0.1) is 21.5 Å². The highest BCUT2D eigenvalue weighted by Gasteiger charge is 2.30. The van der Waals surface area contributed by atoms with E-state index in [-0.39, 0.29) is 23.7 Å². The summed E-state index contributed by atoms with van der Waals surface area (Å²) in [7, 11) is 0. The van der Waals surface area contributed by atoms with E-state index in [0.29, 0.717) is 10.6 Å². The summed E-state index contributed by atoms with van der Waals surface area (Å²) in [5.41, 5.74) is 3.84. The molecule has 0 fully saturated rings. The second-order valence-corrected chi connectivity index (χ2v) is 10.6. The Morgan fingerprint density at radius 3 is 2.77 bits per heavy atom. The lowest BCUT2D eigenvalue weighted by Gasteiger charge is -2.16. The summed E-state index contributed by atoms with van der Waals surface area (Å²) in [5, 5.41) is 12.1. The van der Waals surface area contributed by atoms with Crippen LogP contribution in [0.5, 0.6) is 0 Å². The molecule has 2 heterocycles. The third kappa shape index (κ3) is 4.14. The van der Waals surface area contributed by atoms with E-state index in [2.05, 4.69) is 27.6 Å². The normalized spacial score (nSPS) is 13.3. The van der Waals surface area contributed by atoms with Gasteiger partial charge in [0.2, 0.25) is 5.91 Å². The van der Waals surface area contributed by atoms with Crippen molar-refractivity contribution in [2.75, 3.05) is 11.9 Å². The van der Waals surface area contributed by atoms with Gasteiger partial charge in [-0.1, -0.05) is 47.4 Å². The first-order valence-electron chi connectivity index (χ1n) is 9.66. The summed E-state index contributed by atoms with van der Waals surface area (Å²) in [4.78, 5) is 26.7. The minimum Gasteiger partial charge on any atom is -0.462 e. The lowest BCUT2D eigenvalue weighted by molar-refractivity contribution is -0.115. The van der Waals surface area contributed by atoms with Gasteiger partial charge in [0.1, 0.15) is 10.0 Å². The largest absolute Gasteiger partial charge is 0.462 e. The highest BCUT2D eigenvalue weighted by Crippen LogP contribution is 2.45. The minimum atomic E-state index is -0.385. The molecule has 9 heteroatoms. The van der Waals surface area contributed by atoms with Crippen molar-refractivity contribution in [1.82, 2.24) is 10.2 Å². The average molecular weight is 460 g/mol. The highest BCUT2D eigenvalue weighted by atomic mass is 32.2. The SMILES string of the molecule is CCOC(=O)c1c(NC(=O)C(C)Sc2nnc(C)s2)sc2c1CCc1ccccc1-2. The van der Waals surface area contributed by atoms with Crippen molar-refractivity contribution in [3.63, 3.8) is 0 Å². The predicted octanol–water partition coefficient (Wildman–Crippen LogP) is 4.97. The number of aromatic nitrogens is 2. The number of esters is 1. The number of amides is 1. The molecule has 6 nitrogen and oxygen atoms in total. The number of aryl methyl sites for hydroxylation is 2. The van der Waals surface area contributed by atoms with E-state index in [1.165, 1.54) is 40.0 Å². The summed E-state index contributed by atoms with van der Waals surface area (Å²) < 4.78 is 6.07. The first kappa shape index (κ1) is 21.0. The van der Waals surface area contributed by atoms with Gasteiger partial charge >= 0.3 is 5.97 Å². The van der Waals surface area contributed by atoms with Crippen LogP contribution in [0.25, 0.3) is 10.4 Å². The lowest BCUT2D eigenvalue weighted by Crippen LogP contribution is -2.23. The Kier molecular flexibility index (Phi) is 6.21. The first-order chi connectivity index (χ1) is 14.5. The molecule has 1 N–H and O–H groups in total. The lowest BCUT2D eigenvalue weighted by atomic mass is 9.89. The van der Waals surface area contributed by atoms with Gasteiger partial charge < -0.3 is 10.1 Å². The molecule has 1 aromatic carbocycles. The van der Waals surface area contributed by atoms with Crippen molar-refractivity contribution in [2.45, 2.75) is 43.2 Å². The van der Waals surface area contributed by atoms with Gasteiger partial charge in [0.05, 0.1) is 17.4 Å². The number of rotatable bonds is 6. The number of anilines is 1. The summed E-state index contributed by atoms with van der Waals surface area (Å²) in [5.74, 6) is -0.560. The molecule has 2 aromatic heterocycles. The van der Waals surface area contributed by atoms with Gasteiger partial charge in [-0.3, -0.25) is 4.79 Å². The second kappa shape index (κ2) is 8.87. The number of carbonyl (C=O) groups excluding carboxylic acids is 2. The maximum Gasteiger partial charge on any atom is 0.341 e. The molecule has 156 valence electrons. The Bertz CT molecular complexity index is 1110. The highest BCUT2D eigenvalue weighted by molar-refractivity contribution is 8.02. The third-order valence-electron chi connectivity index (χ3n) is 4.78. The van der Waals surface area contributed by atoms with Crippen molar-refractivity contribution in [3.05, 3.63) is 46.0 Å². The molecule has 0 aliphatic heterocycles. The Balaban J connectivity index is 1.65. The number of benzene rings is 1. The molecule has 0 bridgehead atoms. The van der Waals surface area contributed by atoms with Gasteiger partial charge in [0.25, 0.3) is 0 Å². The van der Waals surface area contributed by atoms with Crippen LogP contribution in [0.3, 0.4) is 0 Å². The Labute approximate surface area is 187 Å². The van der Waals surface area contributed by atoms with E-state index in [1.807, 2.05) is 26.0 Å². The summed E-state index contributed by atoms with van der Waals surface area (Å²) in [6, 6.07) is 8.21. The summed E-state index contributed by atoms with van der Waals surface area (Å²) in [6.07, 6.45) is 1.61. The van der Waals surface area contributed by atoms with Crippen LogP contribution >= 0.6 is 34.4 Å². The molecule has 3 aromatic rings. The molecule has 0 saturated heterocycles. The van der Waals surface area contributed by atoms with Gasteiger partial charge in [-0.25, -0.2) is 4.79 Å². The van der Waals surface area contributed by atoms with E-state index in [1.54, 1.807) is 6.92 Å². The molecule has 1 amide bonds. The fourth-order valence-electron chi connectivity index (χ4n) is 3.39. The van der Waals surface area contributed by atoms with Crippen molar-refractivity contribution in [3.8, 4) is 10.4 Å². The molecular formula is C21H21N3O3S3. The minimum absolute atomic E-state index is 0.176. The zero-order valence-electron chi connectivity index (χ0n) is 16.9. The summed E-state index contributed by atoms with van der Waals surface area (Å²) >= 11 is 4.27. The topological polar surface area (TPSA) is 81.2 Å². The predicted molar refractivity (Wildman–Crippen MR) is 122 cm³/mol. The molecule has 4 rings (SSSR count). The maximum atomic E-state index is 12.9. The molecule has 1 aliphatic rings. The fraction of sp³-hybridized carbons (Fsp3) is 0.333. The molecule has 1 atom stereocenters. The van der Waals surface area contributed by atoms with Crippen LogP contribution in [-0.4, -0.2) is 33.9 Å². The molecule has 1 unspecified atom stereocenters. The summed E-state index contributed by atoms with van der Waals surface area (Å²) in [6.45, 7) is 5.78. The van der Waals surface area contributed by atoms with Crippen LogP contribution in [0.1, 0.15) is 40.3 Å². The number of ether oxygens (including phenoxy) is 1. The maximum absolute atomic E-state index is 12.9. The fourth-order valence-corrected chi connectivity index (χ4v) is 6.65. The number of thiophene rings is 1. The van der Waals surface area contributed by atoms with Crippen LogP contribution in [-0.2, 0) is 22.4 Å². The number of hydrogen-bond acceptors (Lipinski definition) is 8. The van der Waals surface area contributed by atoms with E-state index in [0.717, 1.165) is 38.2 Å². The smallest absolute Gasteiger partial charge is 0.341 e. The van der Waals surface area contributed by atoms with Crippen LogP contribution in [0, 0.1) is 6.92 Å². The molecule has 0 saturated carbocycles. The molecule has 30 heavy (non-hydrogen) atoms. The second-order valence-electron chi connectivity index (χ2n) is 6.83. The van der Waals surface area contributed by atoms with Crippen LogP contribution in [0.4, 0.5) is 5.00 Å². The first-order valence-corrected chi connectivity index (χ1v) is 12.2. The Morgan fingerprint density at radius 1 is 1.23 bits per heavy atom. The van der Waals surface area contributed by atoms with Crippen molar-refractivity contribution < 1.29 is 14.3 Å². The molecular weight excluding hydrogens is 438 g/mol. The quantitative estimate of drug-likeness (QED) is 0.414. The van der Waals surface area contributed by atoms with Crippen LogP contribution in [0.15, 0.2) is 28.6 Å². The number of hydrogen-bond donors (Lipinski definition) is 1.